The van der Waals surface area contributed by atoms with Crippen molar-refractivity contribution in [2.75, 3.05) is 43.4 Å². The molecule has 3 rings (SSSR count). The minimum Gasteiger partial charge on any atom is -0.372 e. The minimum atomic E-state index is 0.854. The van der Waals surface area contributed by atoms with Crippen LogP contribution in [0.15, 0.2) is 0 Å². The van der Waals surface area contributed by atoms with E-state index in [1.807, 2.05) is 7.05 Å². The molecule has 0 amide bonds. The van der Waals surface area contributed by atoms with Gasteiger partial charge in [-0.2, -0.15) is 4.98 Å². The number of thiophene rings is 1. The van der Waals surface area contributed by atoms with Crippen LogP contribution in [0.2, 0.25) is 0 Å². The summed E-state index contributed by atoms with van der Waals surface area (Å²) in [4.78, 5) is 14.3. The van der Waals surface area contributed by atoms with Crippen LogP contribution in [0.5, 0.6) is 0 Å². The zero-order valence-corrected chi connectivity index (χ0v) is 13.1. The fourth-order valence-corrected chi connectivity index (χ4v) is 3.88. The predicted molar refractivity (Wildman–Crippen MR) is 86.2 cm³/mol. The Hall–Kier alpha value is -1.40. The van der Waals surface area contributed by atoms with Crippen LogP contribution in [-0.2, 0) is 6.42 Å². The van der Waals surface area contributed by atoms with Gasteiger partial charge in [-0.3, -0.25) is 0 Å². The molecule has 1 fully saturated rings. The highest BCUT2D eigenvalue weighted by Crippen LogP contribution is 2.35. The average molecular weight is 291 g/mol. The Morgan fingerprint density at radius 3 is 2.70 bits per heavy atom. The van der Waals surface area contributed by atoms with Crippen molar-refractivity contribution in [1.82, 2.24) is 15.3 Å². The van der Waals surface area contributed by atoms with E-state index in [1.54, 1.807) is 11.3 Å². The summed E-state index contributed by atoms with van der Waals surface area (Å²) in [5.41, 5.74) is 1.38. The molecule has 1 saturated heterocycles. The van der Waals surface area contributed by atoms with Gasteiger partial charge in [0.1, 0.15) is 10.6 Å². The maximum Gasteiger partial charge on any atom is 0.228 e. The van der Waals surface area contributed by atoms with Crippen molar-refractivity contribution in [3.63, 3.8) is 0 Å². The van der Waals surface area contributed by atoms with E-state index in [9.17, 15) is 0 Å². The molecule has 0 aliphatic carbocycles. The normalized spacial score (nSPS) is 15.8. The van der Waals surface area contributed by atoms with E-state index in [1.165, 1.54) is 15.8 Å². The third-order valence-corrected chi connectivity index (χ3v) is 4.87. The van der Waals surface area contributed by atoms with E-state index in [0.29, 0.717) is 0 Å². The zero-order chi connectivity index (χ0) is 14.1. The molecule has 0 unspecified atom stereocenters. The number of piperazine rings is 1. The van der Waals surface area contributed by atoms with Crippen LogP contribution >= 0.6 is 11.3 Å². The Balaban J connectivity index is 2.12. The average Bonchev–Trinajstić information content (AvgIpc) is 2.82. The van der Waals surface area contributed by atoms with E-state index < -0.39 is 0 Å². The Bertz CT molecular complexity index is 616. The molecule has 0 saturated carbocycles. The van der Waals surface area contributed by atoms with Gasteiger partial charge in [0.15, 0.2) is 0 Å². The summed E-state index contributed by atoms with van der Waals surface area (Å²) in [7, 11) is 1.94. The van der Waals surface area contributed by atoms with Crippen molar-refractivity contribution in [2.24, 2.45) is 0 Å². The summed E-state index contributed by atoms with van der Waals surface area (Å²) in [6.45, 7) is 8.31. The summed E-state index contributed by atoms with van der Waals surface area (Å²) in [5, 5.41) is 7.82. The molecule has 0 radical (unpaired) electrons. The van der Waals surface area contributed by atoms with Crippen LogP contribution in [-0.4, -0.2) is 43.2 Å². The molecule has 2 aromatic heterocycles. The largest absolute Gasteiger partial charge is 0.372 e. The number of hydrogen-bond donors (Lipinski definition) is 2. The summed E-state index contributed by atoms with van der Waals surface area (Å²) in [6.07, 6.45) is 1.02. The van der Waals surface area contributed by atoms with Gasteiger partial charge in [0, 0.05) is 38.1 Å². The molecule has 2 aromatic rings. The molecular formula is C14H21N5S. The topological polar surface area (TPSA) is 53.1 Å². The third-order valence-electron chi connectivity index (χ3n) is 3.83. The van der Waals surface area contributed by atoms with Gasteiger partial charge in [0.2, 0.25) is 5.95 Å². The molecule has 2 N–H and O–H groups in total. The Labute approximate surface area is 123 Å². The summed E-state index contributed by atoms with van der Waals surface area (Å²) < 4.78 is 0. The van der Waals surface area contributed by atoms with Gasteiger partial charge in [-0.15, -0.1) is 11.3 Å². The van der Waals surface area contributed by atoms with E-state index in [4.69, 9.17) is 9.97 Å². The molecule has 108 valence electrons. The van der Waals surface area contributed by atoms with E-state index in [-0.39, 0.29) is 0 Å². The third kappa shape index (κ3) is 2.23. The van der Waals surface area contributed by atoms with Crippen molar-refractivity contribution in [3.05, 3.63) is 10.4 Å². The molecule has 0 aromatic carbocycles. The fourth-order valence-electron chi connectivity index (χ4n) is 2.77. The lowest BCUT2D eigenvalue weighted by molar-refractivity contribution is 0.581. The molecule has 1 aliphatic rings. The molecule has 0 spiro atoms. The van der Waals surface area contributed by atoms with Gasteiger partial charge in [0.25, 0.3) is 0 Å². The first-order valence-electron chi connectivity index (χ1n) is 7.18. The second-order valence-electron chi connectivity index (χ2n) is 5.03. The lowest BCUT2D eigenvalue weighted by atomic mass is 10.1. The van der Waals surface area contributed by atoms with Gasteiger partial charge >= 0.3 is 0 Å². The number of rotatable bonds is 3. The van der Waals surface area contributed by atoms with Crippen LogP contribution in [0, 0.1) is 6.92 Å². The lowest BCUT2D eigenvalue weighted by Crippen LogP contribution is -2.44. The second-order valence-corrected chi connectivity index (χ2v) is 6.23. The van der Waals surface area contributed by atoms with Crippen molar-refractivity contribution in [2.45, 2.75) is 20.3 Å². The number of nitrogens with zero attached hydrogens (tertiary/aromatic N) is 3. The molecular weight excluding hydrogens is 270 g/mol. The molecule has 5 nitrogen and oxygen atoms in total. The van der Waals surface area contributed by atoms with Gasteiger partial charge in [-0.05, 0) is 18.9 Å². The van der Waals surface area contributed by atoms with Crippen LogP contribution < -0.4 is 15.5 Å². The highest BCUT2D eigenvalue weighted by atomic mass is 32.1. The Morgan fingerprint density at radius 2 is 2.05 bits per heavy atom. The van der Waals surface area contributed by atoms with Gasteiger partial charge in [0.05, 0.1) is 5.39 Å². The molecule has 3 heterocycles. The number of anilines is 2. The van der Waals surface area contributed by atoms with Crippen molar-refractivity contribution >= 4 is 33.3 Å². The summed E-state index contributed by atoms with van der Waals surface area (Å²) in [5.74, 6) is 1.82. The van der Waals surface area contributed by atoms with Gasteiger partial charge < -0.3 is 15.5 Å². The van der Waals surface area contributed by atoms with Crippen LogP contribution in [0.1, 0.15) is 17.4 Å². The number of fused-ring (bicyclic) bond motifs is 1. The van der Waals surface area contributed by atoms with Crippen LogP contribution in [0.3, 0.4) is 0 Å². The molecule has 0 bridgehead atoms. The molecule has 6 heteroatoms. The Kier molecular flexibility index (Phi) is 3.76. The fraction of sp³-hybridized carbons (Fsp3) is 0.571. The smallest absolute Gasteiger partial charge is 0.228 e. The summed E-state index contributed by atoms with van der Waals surface area (Å²) >= 11 is 1.78. The quantitative estimate of drug-likeness (QED) is 0.906. The first-order chi connectivity index (χ1) is 9.74. The standard InChI is InChI=1S/C14H21N5S/c1-4-10-9(2)20-13-11(10)12(15-3)17-14(18-13)19-7-5-16-6-8-19/h16H,4-8H2,1-3H3,(H,15,17,18). The van der Waals surface area contributed by atoms with E-state index in [0.717, 1.165) is 49.2 Å². The van der Waals surface area contributed by atoms with Crippen molar-refractivity contribution in [3.8, 4) is 0 Å². The minimum absolute atomic E-state index is 0.854. The molecule has 1 aliphatic heterocycles. The SMILES string of the molecule is CCc1c(C)sc2nc(N3CCNCC3)nc(NC)c12. The maximum absolute atomic E-state index is 4.80. The molecule has 20 heavy (non-hydrogen) atoms. The number of aromatic nitrogens is 2. The Morgan fingerprint density at radius 1 is 1.30 bits per heavy atom. The van der Waals surface area contributed by atoms with Crippen molar-refractivity contribution < 1.29 is 0 Å². The zero-order valence-electron chi connectivity index (χ0n) is 12.3. The maximum atomic E-state index is 4.80. The highest BCUT2D eigenvalue weighted by Gasteiger charge is 2.19. The first kappa shape index (κ1) is 13.6. The first-order valence-corrected chi connectivity index (χ1v) is 7.99. The van der Waals surface area contributed by atoms with Crippen molar-refractivity contribution in [1.29, 1.82) is 0 Å². The number of nitrogens with one attached hydrogen (secondary N) is 2. The van der Waals surface area contributed by atoms with Gasteiger partial charge in [-0.25, -0.2) is 4.98 Å². The second kappa shape index (κ2) is 5.54. The lowest BCUT2D eigenvalue weighted by Gasteiger charge is -2.27. The number of aryl methyl sites for hydroxylation is 2. The molecule has 0 atom stereocenters. The predicted octanol–water partition coefficient (Wildman–Crippen LogP) is 2.01. The highest BCUT2D eigenvalue weighted by molar-refractivity contribution is 7.18. The van der Waals surface area contributed by atoms with E-state index in [2.05, 4.69) is 29.4 Å². The van der Waals surface area contributed by atoms with Crippen LogP contribution in [0.25, 0.3) is 10.2 Å². The van der Waals surface area contributed by atoms with E-state index >= 15 is 0 Å². The van der Waals surface area contributed by atoms with Gasteiger partial charge in [-0.1, -0.05) is 6.92 Å². The van der Waals surface area contributed by atoms with Crippen LogP contribution in [0.4, 0.5) is 11.8 Å². The summed E-state index contributed by atoms with van der Waals surface area (Å²) in [6, 6.07) is 0. The monoisotopic (exact) mass is 291 g/mol. The number of hydrogen-bond acceptors (Lipinski definition) is 6.